The second kappa shape index (κ2) is 6.72. The van der Waals surface area contributed by atoms with Crippen LogP contribution in [0.15, 0.2) is 28.7 Å². The van der Waals surface area contributed by atoms with Gasteiger partial charge < -0.3 is 5.32 Å². The quantitative estimate of drug-likeness (QED) is 0.869. The van der Waals surface area contributed by atoms with Crippen molar-refractivity contribution in [3.8, 4) is 0 Å². The zero-order valence-electron chi connectivity index (χ0n) is 11.5. The average molecular weight is 310 g/mol. The van der Waals surface area contributed by atoms with Gasteiger partial charge in [0.15, 0.2) is 0 Å². The normalized spacial score (nSPS) is 25.9. The largest absolute Gasteiger partial charge is 0.316 e. The molecule has 1 aliphatic carbocycles. The number of rotatable bonds is 4. The Bertz CT molecular complexity index is 352. The minimum atomic E-state index is 0.638. The average Bonchev–Trinajstić information content (AvgIpc) is 2.39. The molecule has 0 spiro atoms. The predicted octanol–water partition coefficient (Wildman–Crippen LogP) is 4.41. The van der Waals surface area contributed by atoms with E-state index in [4.69, 9.17) is 0 Å². The van der Waals surface area contributed by atoms with Crippen molar-refractivity contribution in [2.75, 3.05) is 7.05 Å². The van der Waals surface area contributed by atoms with E-state index in [0.29, 0.717) is 6.04 Å². The monoisotopic (exact) mass is 309 g/mol. The van der Waals surface area contributed by atoms with Crippen LogP contribution >= 0.6 is 15.9 Å². The van der Waals surface area contributed by atoms with E-state index in [9.17, 15) is 0 Å². The van der Waals surface area contributed by atoms with Crippen LogP contribution in [0.25, 0.3) is 0 Å². The van der Waals surface area contributed by atoms with Crippen molar-refractivity contribution in [2.45, 2.75) is 45.1 Å². The molecule has 1 nitrogen and oxygen atoms in total. The molecule has 1 unspecified atom stereocenters. The molecular weight excluding hydrogens is 286 g/mol. The summed E-state index contributed by atoms with van der Waals surface area (Å²) in [6.45, 7) is 2.39. The Hall–Kier alpha value is -0.340. The van der Waals surface area contributed by atoms with Gasteiger partial charge in [0.05, 0.1) is 0 Å². The van der Waals surface area contributed by atoms with Crippen LogP contribution in [0, 0.1) is 11.8 Å². The second-order valence-corrected chi connectivity index (χ2v) is 6.66. The number of hydrogen-bond donors (Lipinski definition) is 1. The van der Waals surface area contributed by atoms with E-state index in [1.807, 2.05) is 0 Å². The standard InChI is InChI=1S/C16H24BrN/c1-12-3-7-14(8-4-12)16(18-2)11-13-5-9-15(17)10-6-13/h5-6,9-10,12,14,16,18H,3-4,7-8,11H2,1-2H3. The molecule has 0 aromatic heterocycles. The highest BCUT2D eigenvalue weighted by Gasteiger charge is 2.25. The fraction of sp³-hybridized carbons (Fsp3) is 0.625. The van der Waals surface area contributed by atoms with Gasteiger partial charge in [-0.3, -0.25) is 0 Å². The van der Waals surface area contributed by atoms with Crippen LogP contribution in [-0.2, 0) is 6.42 Å². The lowest BCUT2D eigenvalue weighted by Gasteiger charge is -2.32. The second-order valence-electron chi connectivity index (χ2n) is 5.75. The third-order valence-corrected chi connectivity index (χ3v) is 4.90. The van der Waals surface area contributed by atoms with Gasteiger partial charge in [-0.25, -0.2) is 0 Å². The van der Waals surface area contributed by atoms with Gasteiger partial charge >= 0.3 is 0 Å². The summed E-state index contributed by atoms with van der Waals surface area (Å²) in [5.74, 6) is 1.79. The molecule has 0 radical (unpaired) electrons. The summed E-state index contributed by atoms with van der Waals surface area (Å²) in [5, 5.41) is 3.54. The fourth-order valence-electron chi connectivity index (χ4n) is 3.07. The van der Waals surface area contributed by atoms with Crippen molar-refractivity contribution in [2.24, 2.45) is 11.8 Å². The molecule has 0 heterocycles. The lowest BCUT2D eigenvalue weighted by Crippen LogP contribution is -2.37. The van der Waals surface area contributed by atoms with Crippen LogP contribution in [0.4, 0.5) is 0 Å². The van der Waals surface area contributed by atoms with Crippen LogP contribution in [-0.4, -0.2) is 13.1 Å². The first-order chi connectivity index (χ1) is 8.69. The Balaban J connectivity index is 1.94. The molecule has 0 bridgehead atoms. The smallest absolute Gasteiger partial charge is 0.0175 e. The van der Waals surface area contributed by atoms with Gasteiger partial charge in [-0.15, -0.1) is 0 Å². The molecule has 2 rings (SSSR count). The number of halogens is 1. The van der Waals surface area contributed by atoms with Gasteiger partial charge in [0.25, 0.3) is 0 Å². The molecule has 1 aliphatic rings. The van der Waals surface area contributed by atoms with Crippen molar-refractivity contribution in [3.63, 3.8) is 0 Å². The van der Waals surface area contributed by atoms with Crippen molar-refractivity contribution >= 4 is 15.9 Å². The van der Waals surface area contributed by atoms with Gasteiger partial charge in [-0.1, -0.05) is 47.8 Å². The molecule has 1 fully saturated rings. The van der Waals surface area contributed by atoms with Crippen LogP contribution in [0.2, 0.25) is 0 Å². The van der Waals surface area contributed by atoms with Crippen molar-refractivity contribution in [1.29, 1.82) is 0 Å². The lowest BCUT2D eigenvalue weighted by atomic mass is 9.78. The first-order valence-electron chi connectivity index (χ1n) is 7.10. The predicted molar refractivity (Wildman–Crippen MR) is 81.8 cm³/mol. The molecule has 2 heteroatoms. The zero-order chi connectivity index (χ0) is 13.0. The molecule has 1 N–H and O–H groups in total. The van der Waals surface area contributed by atoms with Crippen molar-refractivity contribution < 1.29 is 0 Å². The van der Waals surface area contributed by atoms with Crippen molar-refractivity contribution in [1.82, 2.24) is 5.32 Å². The van der Waals surface area contributed by atoms with E-state index in [1.165, 1.54) is 35.7 Å². The van der Waals surface area contributed by atoms with E-state index < -0.39 is 0 Å². The summed E-state index contributed by atoms with van der Waals surface area (Å²) >= 11 is 3.50. The van der Waals surface area contributed by atoms with E-state index in [0.717, 1.165) is 18.3 Å². The Morgan fingerprint density at radius 3 is 2.33 bits per heavy atom. The van der Waals surface area contributed by atoms with Crippen LogP contribution in [0.3, 0.4) is 0 Å². The molecule has 1 atom stereocenters. The molecular formula is C16H24BrN. The van der Waals surface area contributed by atoms with E-state index in [1.54, 1.807) is 0 Å². The van der Waals surface area contributed by atoms with Crippen LogP contribution < -0.4 is 5.32 Å². The minimum absolute atomic E-state index is 0.638. The Labute approximate surface area is 119 Å². The summed E-state index contributed by atoms with van der Waals surface area (Å²) in [7, 11) is 2.11. The third kappa shape index (κ3) is 3.83. The van der Waals surface area contributed by atoms with E-state index in [-0.39, 0.29) is 0 Å². The summed E-state index contributed by atoms with van der Waals surface area (Å²) in [6, 6.07) is 9.40. The van der Waals surface area contributed by atoms with Gasteiger partial charge in [-0.2, -0.15) is 0 Å². The van der Waals surface area contributed by atoms with E-state index in [2.05, 4.69) is 59.5 Å². The number of hydrogen-bond acceptors (Lipinski definition) is 1. The molecule has 1 aromatic carbocycles. The highest BCUT2D eigenvalue weighted by atomic mass is 79.9. The maximum Gasteiger partial charge on any atom is 0.0175 e. The molecule has 0 saturated heterocycles. The first-order valence-corrected chi connectivity index (χ1v) is 7.90. The van der Waals surface area contributed by atoms with Gasteiger partial charge in [0.1, 0.15) is 0 Å². The first kappa shape index (κ1) is 14.1. The van der Waals surface area contributed by atoms with Gasteiger partial charge in [0, 0.05) is 10.5 Å². The Morgan fingerprint density at radius 1 is 1.17 bits per heavy atom. The van der Waals surface area contributed by atoms with E-state index >= 15 is 0 Å². The van der Waals surface area contributed by atoms with Gasteiger partial charge in [0.2, 0.25) is 0 Å². The Morgan fingerprint density at radius 2 is 1.78 bits per heavy atom. The van der Waals surface area contributed by atoms with Gasteiger partial charge in [-0.05, 0) is 55.8 Å². The van der Waals surface area contributed by atoms with Crippen LogP contribution in [0.5, 0.6) is 0 Å². The fourth-order valence-corrected chi connectivity index (χ4v) is 3.33. The summed E-state index contributed by atoms with van der Waals surface area (Å²) in [4.78, 5) is 0. The molecule has 0 aliphatic heterocycles. The number of benzene rings is 1. The number of likely N-dealkylation sites (N-methyl/N-ethyl adjacent to an activating group) is 1. The van der Waals surface area contributed by atoms with Crippen molar-refractivity contribution in [3.05, 3.63) is 34.3 Å². The number of nitrogens with one attached hydrogen (secondary N) is 1. The molecule has 1 saturated carbocycles. The maximum atomic E-state index is 3.54. The topological polar surface area (TPSA) is 12.0 Å². The lowest BCUT2D eigenvalue weighted by molar-refractivity contribution is 0.235. The molecule has 18 heavy (non-hydrogen) atoms. The summed E-state index contributed by atoms with van der Waals surface area (Å²) in [5.41, 5.74) is 1.44. The summed E-state index contributed by atoms with van der Waals surface area (Å²) in [6.07, 6.45) is 6.75. The summed E-state index contributed by atoms with van der Waals surface area (Å²) < 4.78 is 1.17. The zero-order valence-corrected chi connectivity index (χ0v) is 13.0. The molecule has 0 amide bonds. The maximum absolute atomic E-state index is 3.54. The molecule has 1 aromatic rings. The Kier molecular flexibility index (Phi) is 5.25. The third-order valence-electron chi connectivity index (χ3n) is 4.37. The van der Waals surface area contributed by atoms with Crippen LogP contribution in [0.1, 0.15) is 38.2 Å². The minimum Gasteiger partial charge on any atom is -0.316 e. The SMILES string of the molecule is CNC(Cc1ccc(Br)cc1)C1CCC(C)CC1. The molecule has 100 valence electrons. The highest BCUT2D eigenvalue weighted by molar-refractivity contribution is 9.10. The highest BCUT2D eigenvalue weighted by Crippen LogP contribution is 2.31.